The summed E-state index contributed by atoms with van der Waals surface area (Å²) in [7, 11) is 0. The monoisotopic (exact) mass is 421 g/mol. The molecule has 0 unspecified atom stereocenters. The smallest absolute Gasteiger partial charge is 0.247 e. The maximum Gasteiger partial charge on any atom is 0.247 e. The van der Waals surface area contributed by atoms with Gasteiger partial charge in [-0.1, -0.05) is 48.7 Å². The van der Waals surface area contributed by atoms with Crippen LogP contribution in [0.5, 0.6) is 0 Å². The van der Waals surface area contributed by atoms with Crippen LogP contribution in [0.2, 0.25) is 0 Å². The molecule has 1 aliphatic rings. The van der Waals surface area contributed by atoms with Gasteiger partial charge in [-0.15, -0.1) is 22.0 Å². The van der Waals surface area contributed by atoms with Crippen LogP contribution in [0.25, 0.3) is 11.5 Å². The average molecular weight is 422 g/mol. The van der Waals surface area contributed by atoms with Gasteiger partial charge in [0.1, 0.15) is 0 Å². The zero-order chi connectivity index (χ0) is 20.8. The third kappa shape index (κ3) is 5.30. The Morgan fingerprint density at radius 3 is 2.53 bits per heavy atom. The largest absolute Gasteiger partial charge is 0.421 e. The first-order valence-electron chi connectivity index (χ1n) is 10.5. The fourth-order valence-electron chi connectivity index (χ4n) is 3.81. The number of nitrogens with zero attached hydrogens (tertiary/aromatic N) is 2. The van der Waals surface area contributed by atoms with Gasteiger partial charge >= 0.3 is 0 Å². The van der Waals surface area contributed by atoms with Crippen molar-refractivity contribution >= 4 is 17.7 Å². The van der Waals surface area contributed by atoms with Crippen LogP contribution < -0.4 is 5.32 Å². The van der Waals surface area contributed by atoms with E-state index in [-0.39, 0.29) is 10.7 Å². The van der Waals surface area contributed by atoms with Gasteiger partial charge < -0.3 is 9.73 Å². The minimum absolute atomic E-state index is 0.0324. The molecular weight excluding hydrogens is 394 g/mol. The number of thioether (sulfide) groups is 1. The molecule has 1 heterocycles. The predicted molar refractivity (Wildman–Crippen MR) is 119 cm³/mol. The van der Waals surface area contributed by atoms with Crippen LogP contribution in [-0.4, -0.2) is 27.4 Å². The number of hydrogen-bond acceptors (Lipinski definition) is 5. The summed E-state index contributed by atoms with van der Waals surface area (Å²) in [4.78, 5) is 13.7. The van der Waals surface area contributed by atoms with E-state index in [1.165, 1.54) is 23.3 Å². The van der Waals surface area contributed by atoms with Crippen molar-refractivity contribution in [2.75, 3.05) is 6.54 Å². The summed E-state index contributed by atoms with van der Waals surface area (Å²) in [6.07, 6.45) is 5.51. The lowest BCUT2D eigenvalue weighted by Crippen LogP contribution is -2.38. The topological polar surface area (TPSA) is 68.0 Å². The Morgan fingerprint density at radius 1 is 1.07 bits per heavy atom. The molecule has 1 N–H and O–H groups in total. The van der Waals surface area contributed by atoms with Crippen LogP contribution in [0.1, 0.15) is 43.6 Å². The van der Waals surface area contributed by atoms with Gasteiger partial charge in [0, 0.05) is 34.6 Å². The van der Waals surface area contributed by atoms with Crippen molar-refractivity contribution in [2.24, 2.45) is 0 Å². The van der Waals surface area contributed by atoms with E-state index in [2.05, 4.69) is 39.8 Å². The highest BCUT2D eigenvalue weighted by atomic mass is 32.2. The lowest BCUT2D eigenvalue weighted by molar-refractivity contribution is -0.121. The van der Waals surface area contributed by atoms with E-state index in [9.17, 15) is 4.79 Å². The second-order valence-corrected chi connectivity index (χ2v) is 9.49. The van der Waals surface area contributed by atoms with E-state index < -0.39 is 0 Å². The molecule has 0 saturated heterocycles. The Hall–Kier alpha value is -2.60. The molecule has 4 rings (SSSR count). The van der Waals surface area contributed by atoms with Gasteiger partial charge in [0.25, 0.3) is 0 Å². The average Bonchev–Trinajstić information content (AvgIpc) is 3.42. The van der Waals surface area contributed by atoms with Gasteiger partial charge in [-0.25, -0.2) is 0 Å². The molecule has 5 nitrogen and oxygen atoms in total. The highest BCUT2D eigenvalue weighted by Gasteiger charge is 2.35. The molecule has 1 aromatic heterocycles. The number of nitrogens with one attached hydrogen (secondary N) is 1. The maximum atomic E-state index is 12.5. The van der Waals surface area contributed by atoms with Gasteiger partial charge in [-0.2, -0.15) is 0 Å². The van der Waals surface area contributed by atoms with Crippen molar-refractivity contribution in [1.82, 2.24) is 15.5 Å². The summed E-state index contributed by atoms with van der Waals surface area (Å²) in [6, 6.07) is 18.4. The molecule has 1 aliphatic carbocycles. The Balaban J connectivity index is 1.29. The van der Waals surface area contributed by atoms with E-state index in [0.29, 0.717) is 31.2 Å². The second-order valence-electron chi connectivity index (χ2n) is 7.95. The van der Waals surface area contributed by atoms with Crippen molar-refractivity contribution in [3.05, 3.63) is 66.1 Å². The van der Waals surface area contributed by atoms with E-state index in [1.807, 2.05) is 49.0 Å². The normalized spacial score (nSPS) is 15.2. The van der Waals surface area contributed by atoms with E-state index in [0.717, 1.165) is 18.4 Å². The number of carbonyl (C=O) groups is 1. The van der Waals surface area contributed by atoms with E-state index in [1.54, 1.807) is 0 Å². The quantitative estimate of drug-likeness (QED) is 0.541. The summed E-state index contributed by atoms with van der Waals surface area (Å²) in [5.74, 6) is 1.02. The predicted octanol–water partition coefficient (Wildman–Crippen LogP) is 5.20. The first kappa shape index (κ1) is 20.7. The SMILES string of the molecule is Cc1ccc(-c2nnc(CCC(=O)NCC3(Sc4ccccc4)CCCC3)o2)cc1. The minimum atomic E-state index is 0.0324. The summed E-state index contributed by atoms with van der Waals surface area (Å²) in [5, 5.41) is 11.4. The molecule has 2 aromatic carbocycles. The number of hydrogen-bond donors (Lipinski definition) is 1. The fourth-order valence-corrected chi connectivity index (χ4v) is 5.24. The molecule has 0 atom stereocenters. The third-order valence-corrected chi connectivity index (χ3v) is 7.02. The number of aromatic nitrogens is 2. The van der Waals surface area contributed by atoms with Crippen molar-refractivity contribution < 1.29 is 9.21 Å². The van der Waals surface area contributed by atoms with E-state index >= 15 is 0 Å². The number of benzene rings is 2. The molecule has 156 valence electrons. The van der Waals surface area contributed by atoms with Gasteiger partial charge in [-0.05, 0) is 44.0 Å². The minimum Gasteiger partial charge on any atom is -0.421 e. The molecule has 0 radical (unpaired) electrons. The number of rotatable bonds is 8. The molecule has 0 bridgehead atoms. The summed E-state index contributed by atoms with van der Waals surface area (Å²) >= 11 is 1.90. The van der Waals surface area contributed by atoms with Crippen LogP contribution in [0.15, 0.2) is 63.9 Å². The molecule has 6 heteroatoms. The highest BCUT2D eigenvalue weighted by Crippen LogP contribution is 2.44. The van der Waals surface area contributed by atoms with Gasteiger partial charge in [0.15, 0.2) is 0 Å². The van der Waals surface area contributed by atoms with Gasteiger partial charge in [0.05, 0.1) is 0 Å². The zero-order valence-electron chi connectivity index (χ0n) is 17.3. The molecular formula is C24H27N3O2S. The lowest BCUT2D eigenvalue weighted by Gasteiger charge is -2.28. The maximum absolute atomic E-state index is 12.5. The molecule has 1 fully saturated rings. The van der Waals surface area contributed by atoms with Crippen molar-refractivity contribution in [3.63, 3.8) is 0 Å². The summed E-state index contributed by atoms with van der Waals surface area (Å²) in [5.41, 5.74) is 2.07. The van der Waals surface area contributed by atoms with Crippen molar-refractivity contribution in [2.45, 2.75) is 55.1 Å². The lowest BCUT2D eigenvalue weighted by atomic mass is 10.1. The van der Waals surface area contributed by atoms with Crippen molar-refractivity contribution in [3.8, 4) is 11.5 Å². The molecule has 30 heavy (non-hydrogen) atoms. The first-order valence-corrected chi connectivity index (χ1v) is 11.3. The number of aryl methyl sites for hydroxylation is 2. The first-order chi connectivity index (χ1) is 14.6. The number of carbonyl (C=O) groups excluding carboxylic acids is 1. The Morgan fingerprint density at radius 2 is 1.80 bits per heavy atom. The summed E-state index contributed by atoms with van der Waals surface area (Å²) in [6.45, 7) is 2.74. The van der Waals surface area contributed by atoms with Gasteiger partial charge in [0.2, 0.25) is 17.7 Å². The summed E-state index contributed by atoms with van der Waals surface area (Å²) < 4.78 is 5.83. The van der Waals surface area contributed by atoms with Crippen LogP contribution in [-0.2, 0) is 11.2 Å². The molecule has 0 aliphatic heterocycles. The van der Waals surface area contributed by atoms with Crippen LogP contribution in [0.4, 0.5) is 0 Å². The zero-order valence-corrected chi connectivity index (χ0v) is 18.1. The van der Waals surface area contributed by atoms with Crippen LogP contribution in [0, 0.1) is 6.92 Å². The second kappa shape index (κ2) is 9.47. The Bertz CT molecular complexity index is 964. The Kier molecular flexibility index (Phi) is 6.53. The Labute approximate surface area is 181 Å². The van der Waals surface area contributed by atoms with Crippen molar-refractivity contribution in [1.29, 1.82) is 0 Å². The molecule has 3 aromatic rings. The number of amides is 1. The van der Waals surface area contributed by atoms with E-state index in [4.69, 9.17) is 4.42 Å². The molecule has 0 spiro atoms. The highest BCUT2D eigenvalue weighted by molar-refractivity contribution is 8.00. The standard InChI is InChI=1S/C24H27N3O2S/c1-18-9-11-19(12-10-18)23-27-26-22(29-23)14-13-21(28)25-17-24(15-5-6-16-24)30-20-7-3-2-4-8-20/h2-4,7-12H,5-6,13-17H2,1H3,(H,25,28). The van der Waals surface area contributed by atoms with Crippen LogP contribution in [0.3, 0.4) is 0 Å². The third-order valence-electron chi connectivity index (χ3n) is 5.53. The van der Waals surface area contributed by atoms with Crippen LogP contribution >= 0.6 is 11.8 Å². The molecule has 1 saturated carbocycles. The fraction of sp³-hybridized carbons (Fsp3) is 0.375. The molecule has 1 amide bonds. The van der Waals surface area contributed by atoms with Gasteiger partial charge in [-0.3, -0.25) is 4.79 Å².